The molecule has 1 aliphatic rings. The number of alkyl halides is 3. The minimum atomic E-state index is -4.48. The first-order chi connectivity index (χ1) is 14.6. The second-order valence-electron chi connectivity index (χ2n) is 8.42. The van der Waals surface area contributed by atoms with Crippen LogP contribution >= 0.6 is 24.0 Å². The molecule has 0 radical (unpaired) electrons. The monoisotopic (exact) mass is 573 g/mol. The lowest BCUT2D eigenvalue weighted by Crippen LogP contribution is -2.38. The van der Waals surface area contributed by atoms with E-state index in [9.17, 15) is 13.2 Å². The maximum Gasteiger partial charge on any atom is 0.416 e. The molecule has 0 aliphatic carbocycles. The third kappa shape index (κ3) is 10.6. The summed E-state index contributed by atoms with van der Waals surface area (Å²) in [6, 6.07) is 4.04. The van der Waals surface area contributed by atoms with Gasteiger partial charge in [0.15, 0.2) is 5.96 Å². The largest absolute Gasteiger partial charge is 0.488 e. The van der Waals surface area contributed by atoms with Crippen LogP contribution in [0.2, 0.25) is 0 Å². The van der Waals surface area contributed by atoms with E-state index < -0.39 is 17.3 Å². The van der Waals surface area contributed by atoms with Crippen LogP contribution in [0.4, 0.5) is 13.2 Å². The van der Waals surface area contributed by atoms with Crippen LogP contribution in [0.15, 0.2) is 23.2 Å². The summed E-state index contributed by atoms with van der Waals surface area (Å²) in [6.45, 7) is 8.06. The molecule has 0 unspecified atom stereocenters. The molecule has 2 rings (SSSR count). The number of halogens is 4. The van der Waals surface area contributed by atoms with Gasteiger partial charge in [-0.2, -0.15) is 13.2 Å². The Balaban J connectivity index is 0.00000512. The minimum absolute atomic E-state index is 0. The Morgan fingerprint density at radius 2 is 1.84 bits per heavy atom. The van der Waals surface area contributed by atoms with E-state index in [1.165, 1.54) is 6.07 Å². The van der Waals surface area contributed by atoms with Crippen LogP contribution in [0, 0.1) is 0 Å². The van der Waals surface area contributed by atoms with Crippen molar-refractivity contribution in [2.75, 3.05) is 33.4 Å². The molecule has 1 aromatic rings. The summed E-state index contributed by atoms with van der Waals surface area (Å²) in [4.78, 5) is 4.08. The Morgan fingerprint density at radius 3 is 2.44 bits per heavy atom. The summed E-state index contributed by atoms with van der Waals surface area (Å²) in [5.41, 5.74) is -1.18. The third-order valence-electron chi connectivity index (χ3n) is 4.62. The second kappa shape index (κ2) is 13.4. The average molecular weight is 573 g/mol. The van der Waals surface area contributed by atoms with Gasteiger partial charge >= 0.3 is 6.18 Å². The molecule has 1 fully saturated rings. The first kappa shape index (κ1) is 28.8. The van der Waals surface area contributed by atoms with E-state index in [2.05, 4.69) is 15.6 Å². The molecule has 10 heteroatoms. The normalized spacial score (nSPS) is 15.8. The van der Waals surface area contributed by atoms with Crippen molar-refractivity contribution in [3.8, 4) is 5.75 Å². The molecule has 1 aromatic carbocycles. The van der Waals surface area contributed by atoms with Crippen LogP contribution in [0.5, 0.6) is 5.75 Å². The van der Waals surface area contributed by atoms with Crippen LogP contribution in [0.3, 0.4) is 0 Å². The lowest BCUT2D eigenvalue weighted by molar-refractivity contribution is -0.138. The quantitative estimate of drug-likeness (QED) is 0.204. The number of hydrogen-bond donors (Lipinski definition) is 2. The molecule has 184 valence electrons. The molecule has 0 aromatic heterocycles. The number of guanidine groups is 1. The summed E-state index contributed by atoms with van der Waals surface area (Å²) in [6.07, 6.45) is -1.63. The van der Waals surface area contributed by atoms with E-state index >= 15 is 0 Å². The van der Waals surface area contributed by atoms with E-state index in [-0.39, 0.29) is 47.9 Å². The number of benzene rings is 1. The lowest BCUT2D eigenvalue weighted by Gasteiger charge is -2.23. The highest BCUT2D eigenvalue weighted by molar-refractivity contribution is 14.0. The maximum atomic E-state index is 13.6. The zero-order chi connectivity index (χ0) is 22.9. The standard InChI is InChI=1S/C22H34F3N3O3.HI/c1-21(2,3)31-18-7-6-16(19(14-18)22(23,24)25)15-28-20(26-4)27-10-5-11-30-17-8-12-29-13-9-17;/h6-7,14,17H,5,8-13,15H2,1-4H3,(H2,26,27,28);1H. The zero-order valence-corrected chi connectivity index (χ0v) is 21.5. The van der Waals surface area contributed by atoms with Gasteiger partial charge in [0.25, 0.3) is 0 Å². The summed E-state index contributed by atoms with van der Waals surface area (Å²) in [7, 11) is 1.58. The van der Waals surface area contributed by atoms with Gasteiger partial charge in [0.1, 0.15) is 11.4 Å². The van der Waals surface area contributed by atoms with Gasteiger partial charge in [0.05, 0.1) is 11.7 Å². The number of ether oxygens (including phenoxy) is 3. The topological polar surface area (TPSA) is 64.1 Å². The molecule has 0 spiro atoms. The Labute approximate surface area is 205 Å². The van der Waals surface area contributed by atoms with E-state index in [1.807, 2.05) is 0 Å². The molecular weight excluding hydrogens is 538 g/mol. The van der Waals surface area contributed by atoms with Crippen LogP contribution in [-0.4, -0.2) is 51.1 Å². The molecule has 6 nitrogen and oxygen atoms in total. The zero-order valence-electron chi connectivity index (χ0n) is 19.2. The van der Waals surface area contributed by atoms with E-state index in [0.29, 0.717) is 19.1 Å². The molecule has 0 amide bonds. The fourth-order valence-corrected chi connectivity index (χ4v) is 3.16. The van der Waals surface area contributed by atoms with Gasteiger partial charge < -0.3 is 24.8 Å². The number of rotatable bonds is 8. The molecule has 1 heterocycles. The number of aliphatic imine (C=N–C) groups is 1. The fraction of sp³-hybridized carbons (Fsp3) is 0.682. The predicted molar refractivity (Wildman–Crippen MR) is 130 cm³/mol. The summed E-state index contributed by atoms with van der Waals surface area (Å²) in [5, 5.41) is 6.05. The van der Waals surface area contributed by atoms with E-state index in [0.717, 1.165) is 38.5 Å². The molecule has 0 atom stereocenters. The Morgan fingerprint density at radius 1 is 1.16 bits per heavy atom. The molecule has 0 saturated carbocycles. The van der Waals surface area contributed by atoms with Crippen molar-refractivity contribution in [3.63, 3.8) is 0 Å². The highest BCUT2D eigenvalue weighted by Crippen LogP contribution is 2.35. The number of hydrogen-bond acceptors (Lipinski definition) is 4. The summed E-state index contributed by atoms with van der Waals surface area (Å²) in [5.74, 6) is 0.629. The van der Waals surface area contributed by atoms with Gasteiger partial charge in [-0.25, -0.2) is 0 Å². The van der Waals surface area contributed by atoms with Gasteiger partial charge in [0.2, 0.25) is 0 Å². The summed E-state index contributed by atoms with van der Waals surface area (Å²) < 4.78 is 57.4. The maximum absolute atomic E-state index is 13.6. The van der Waals surface area contributed by atoms with Crippen LogP contribution in [0.1, 0.15) is 51.2 Å². The Bertz CT molecular complexity index is 719. The molecule has 1 aliphatic heterocycles. The van der Waals surface area contributed by atoms with Crippen molar-refractivity contribution in [3.05, 3.63) is 29.3 Å². The fourth-order valence-electron chi connectivity index (χ4n) is 3.16. The van der Waals surface area contributed by atoms with E-state index in [1.54, 1.807) is 33.9 Å². The molecular formula is C22H35F3IN3O3. The smallest absolute Gasteiger partial charge is 0.416 e. The number of nitrogens with one attached hydrogen (secondary N) is 2. The molecule has 2 N–H and O–H groups in total. The third-order valence-corrected chi connectivity index (χ3v) is 4.62. The van der Waals surface area contributed by atoms with Crippen molar-refractivity contribution in [1.29, 1.82) is 0 Å². The van der Waals surface area contributed by atoms with Crippen molar-refractivity contribution in [2.45, 2.75) is 64.5 Å². The molecule has 32 heavy (non-hydrogen) atoms. The first-order valence-electron chi connectivity index (χ1n) is 10.6. The second-order valence-corrected chi connectivity index (χ2v) is 8.42. The highest BCUT2D eigenvalue weighted by atomic mass is 127. The van der Waals surface area contributed by atoms with Gasteiger partial charge in [-0.15, -0.1) is 24.0 Å². The van der Waals surface area contributed by atoms with Gasteiger partial charge in [-0.05, 0) is 57.7 Å². The predicted octanol–water partition coefficient (Wildman–Crippen LogP) is 4.75. The van der Waals surface area contributed by atoms with Crippen molar-refractivity contribution >= 4 is 29.9 Å². The van der Waals surface area contributed by atoms with Crippen molar-refractivity contribution < 1.29 is 27.4 Å². The Kier molecular flexibility index (Phi) is 12.1. The lowest BCUT2D eigenvalue weighted by atomic mass is 10.1. The van der Waals surface area contributed by atoms with Crippen molar-refractivity contribution in [1.82, 2.24) is 10.6 Å². The van der Waals surface area contributed by atoms with Crippen LogP contribution in [-0.2, 0) is 22.2 Å². The first-order valence-corrected chi connectivity index (χ1v) is 10.6. The van der Waals surface area contributed by atoms with Gasteiger partial charge in [-0.3, -0.25) is 4.99 Å². The average Bonchev–Trinajstić information content (AvgIpc) is 2.69. The Hall–Kier alpha value is -1.27. The minimum Gasteiger partial charge on any atom is -0.488 e. The van der Waals surface area contributed by atoms with E-state index in [4.69, 9.17) is 14.2 Å². The number of nitrogens with zero attached hydrogens (tertiary/aromatic N) is 1. The van der Waals surface area contributed by atoms with Crippen LogP contribution in [0.25, 0.3) is 0 Å². The molecule has 1 saturated heterocycles. The van der Waals surface area contributed by atoms with Gasteiger partial charge in [-0.1, -0.05) is 6.07 Å². The van der Waals surface area contributed by atoms with Crippen LogP contribution < -0.4 is 15.4 Å². The highest BCUT2D eigenvalue weighted by Gasteiger charge is 2.34. The van der Waals surface area contributed by atoms with Crippen molar-refractivity contribution in [2.24, 2.45) is 4.99 Å². The van der Waals surface area contributed by atoms with Gasteiger partial charge in [0, 0.05) is 40.0 Å². The molecule has 0 bridgehead atoms. The SMILES string of the molecule is CN=C(NCCCOC1CCOCC1)NCc1ccc(OC(C)(C)C)cc1C(F)(F)F.I. The summed E-state index contributed by atoms with van der Waals surface area (Å²) >= 11 is 0.